The van der Waals surface area contributed by atoms with Crippen LogP contribution < -0.4 is 5.73 Å². The topological polar surface area (TPSA) is 69.2 Å². The second kappa shape index (κ2) is 6.98. The highest BCUT2D eigenvalue weighted by atomic mass is 19.1. The molecule has 1 saturated carbocycles. The van der Waals surface area contributed by atoms with Gasteiger partial charge in [-0.15, -0.1) is 0 Å². The van der Waals surface area contributed by atoms with E-state index in [-0.39, 0.29) is 17.6 Å². The average molecular weight is 294 g/mol. The van der Waals surface area contributed by atoms with Gasteiger partial charge in [0, 0.05) is 12.1 Å². The zero-order valence-corrected chi connectivity index (χ0v) is 12.4. The summed E-state index contributed by atoms with van der Waals surface area (Å²) in [6.45, 7) is 2.18. The van der Waals surface area contributed by atoms with Gasteiger partial charge in [0.1, 0.15) is 5.82 Å². The Labute approximate surface area is 124 Å². The highest BCUT2D eigenvalue weighted by Crippen LogP contribution is 2.33. The number of rotatable bonds is 5. The summed E-state index contributed by atoms with van der Waals surface area (Å²) in [5.41, 5.74) is 6.69. The lowest BCUT2D eigenvalue weighted by Crippen LogP contribution is -2.37. The lowest BCUT2D eigenvalue weighted by atomic mass is 9.74. The van der Waals surface area contributed by atoms with Gasteiger partial charge < -0.3 is 5.73 Å². The van der Waals surface area contributed by atoms with Gasteiger partial charge in [-0.25, -0.2) is 4.39 Å². The average Bonchev–Trinajstić information content (AvgIpc) is 2.42. The van der Waals surface area contributed by atoms with Crippen LogP contribution in [0.4, 0.5) is 10.1 Å². The molecule has 5 heteroatoms. The van der Waals surface area contributed by atoms with Crippen molar-refractivity contribution in [2.75, 3.05) is 0 Å². The lowest BCUT2D eigenvalue weighted by molar-refractivity contribution is -0.385. The van der Waals surface area contributed by atoms with E-state index in [2.05, 4.69) is 6.92 Å². The van der Waals surface area contributed by atoms with Crippen LogP contribution in [0, 0.1) is 27.8 Å². The fourth-order valence-corrected chi connectivity index (χ4v) is 3.45. The molecule has 1 aromatic carbocycles. The quantitative estimate of drug-likeness (QED) is 0.663. The van der Waals surface area contributed by atoms with Crippen LogP contribution in [-0.4, -0.2) is 11.0 Å². The molecule has 1 aliphatic carbocycles. The Bertz CT molecular complexity index is 507. The summed E-state index contributed by atoms with van der Waals surface area (Å²) in [6.07, 6.45) is 6.19. The Hall–Kier alpha value is -1.49. The molecule has 0 amide bonds. The van der Waals surface area contributed by atoms with Crippen molar-refractivity contribution in [3.63, 3.8) is 0 Å². The number of nitrogens with zero attached hydrogens (tertiary/aromatic N) is 1. The van der Waals surface area contributed by atoms with E-state index in [1.54, 1.807) is 0 Å². The van der Waals surface area contributed by atoms with Gasteiger partial charge in [-0.3, -0.25) is 10.1 Å². The summed E-state index contributed by atoms with van der Waals surface area (Å²) >= 11 is 0. The van der Waals surface area contributed by atoms with Crippen molar-refractivity contribution in [1.82, 2.24) is 0 Å². The Morgan fingerprint density at radius 3 is 2.81 bits per heavy atom. The van der Waals surface area contributed by atoms with Crippen LogP contribution in [0.1, 0.15) is 44.6 Å². The summed E-state index contributed by atoms with van der Waals surface area (Å²) in [7, 11) is 0. The van der Waals surface area contributed by atoms with Crippen molar-refractivity contribution in [1.29, 1.82) is 0 Å². The molecule has 4 nitrogen and oxygen atoms in total. The summed E-state index contributed by atoms with van der Waals surface area (Å²) in [6, 6.07) is 3.94. The second-order valence-corrected chi connectivity index (χ2v) is 6.17. The van der Waals surface area contributed by atoms with Gasteiger partial charge in [0.15, 0.2) is 0 Å². The number of nitro benzene ring substituents is 1. The van der Waals surface area contributed by atoms with Gasteiger partial charge in [0.05, 0.1) is 11.0 Å². The SMILES string of the molecule is CCCC1CCC(N)C(Cc2cc(F)cc([N+](=O)[O-])c2)C1. The highest BCUT2D eigenvalue weighted by Gasteiger charge is 2.28. The van der Waals surface area contributed by atoms with E-state index >= 15 is 0 Å². The zero-order valence-electron chi connectivity index (χ0n) is 12.4. The number of hydrogen-bond donors (Lipinski definition) is 1. The third-order valence-corrected chi connectivity index (χ3v) is 4.50. The monoisotopic (exact) mass is 294 g/mol. The molecular formula is C16H23FN2O2. The first kappa shape index (κ1) is 15.9. The van der Waals surface area contributed by atoms with Gasteiger partial charge in [-0.1, -0.05) is 19.8 Å². The molecule has 1 aliphatic rings. The van der Waals surface area contributed by atoms with Crippen LogP contribution in [0.25, 0.3) is 0 Å². The van der Waals surface area contributed by atoms with Gasteiger partial charge in [0.25, 0.3) is 5.69 Å². The predicted molar refractivity (Wildman–Crippen MR) is 80.5 cm³/mol. The summed E-state index contributed by atoms with van der Waals surface area (Å²) in [4.78, 5) is 10.3. The summed E-state index contributed by atoms with van der Waals surface area (Å²) in [5, 5.41) is 10.8. The lowest BCUT2D eigenvalue weighted by Gasteiger charge is -2.34. The maximum Gasteiger partial charge on any atom is 0.272 e. The van der Waals surface area contributed by atoms with Crippen LogP contribution in [0.5, 0.6) is 0 Å². The minimum atomic E-state index is -0.548. The molecule has 0 aromatic heterocycles. The third-order valence-electron chi connectivity index (χ3n) is 4.50. The van der Waals surface area contributed by atoms with Crippen molar-refractivity contribution < 1.29 is 9.31 Å². The molecule has 2 N–H and O–H groups in total. The standard InChI is InChI=1S/C16H23FN2O2/c1-2-3-11-4-5-16(18)13(6-11)7-12-8-14(17)10-15(9-12)19(20)21/h8-11,13,16H,2-7,18H2,1H3. The molecule has 0 spiro atoms. The van der Waals surface area contributed by atoms with Gasteiger partial charge >= 0.3 is 0 Å². The molecule has 1 aromatic rings. The van der Waals surface area contributed by atoms with Gasteiger partial charge in [0.2, 0.25) is 0 Å². The fraction of sp³-hybridized carbons (Fsp3) is 0.625. The Morgan fingerprint density at radius 2 is 2.14 bits per heavy atom. The van der Waals surface area contributed by atoms with E-state index in [0.717, 1.165) is 31.7 Å². The minimum absolute atomic E-state index is 0.112. The number of nitrogens with two attached hydrogens (primary N) is 1. The smallest absolute Gasteiger partial charge is 0.272 e. The number of benzene rings is 1. The van der Waals surface area contributed by atoms with Gasteiger partial charge in [-0.2, -0.15) is 0 Å². The van der Waals surface area contributed by atoms with Crippen molar-refractivity contribution >= 4 is 5.69 Å². The molecule has 0 bridgehead atoms. The van der Waals surface area contributed by atoms with E-state index < -0.39 is 10.7 Å². The largest absolute Gasteiger partial charge is 0.327 e. The van der Waals surface area contributed by atoms with Crippen LogP contribution in [0.15, 0.2) is 18.2 Å². The van der Waals surface area contributed by atoms with Crippen LogP contribution in [0.3, 0.4) is 0 Å². The van der Waals surface area contributed by atoms with Crippen LogP contribution >= 0.6 is 0 Å². The molecular weight excluding hydrogens is 271 g/mol. The predicted octanol–water partition coefficient (Wildman–Crippen LogP) is 3.82. The normalized spacial score (nSPS) is 25.8. The molecule has 0 radical (unpaired) electrons. The number of nitro groups is 1. The van der Waals surface area contributed by atoms with E-state index in [9.17, 15) is 14.5 Å². The Kier molecular flexibility index (Phi) is 5.28. The first-order valence-electron chi connectivity index (χ1n) is 7.69. The van der Waals surface area contributed by atoms with E-state index in [4.69, 9.17) is 5.73 Å². The second-order valence-electron chi connectivity index (χ2n) is 6.17. The molecule has 0 heterocycles. The molecule has 3 atom stereocenters. The summed E-state index contributed by atoms with van der Waals surface area (Å²) in [5.74, 6) is 0.425. The molecule has 0 saturated heterocycles. The van der Waals surface area contributed by atoms with Crippen LogP contribution in [-0.2, 0) is 6.42 Å². The molecule has 21 heavy (non-hydrogen) atoms. The third kappa shape index (κ3) is 4.24. The maximum atomic E-state index is 13.5. The number of non-ortho nitro benzene ring substituents is 1. The maximum absolute atomic E-state index is 13.5. The zero-order chi connectivity index (χ0) is 15.4. The molecule has 3 unspecified atom stereocenters. The molecule has 1 fully saturated rings. The first-order valence-corrected chi connectivity index (χ1v) is 7.69. The van der Waals surface area contributed by atoms with Crippen molar-refractivity contribution in [2.45, 2.75) is 51.5 Å². The molecule has 2 rings (SSSR count). The van der Waals surface area contributed by atoms with Crippen molar-refractivity contribution in [3.05, 3.63) is 39.7 Å². The van der Waals surface area contributed by atoms with Crippen molar-refractivity contribution in [2.24, 2.45) is 17.6 Å². The van der Waals surface area contributed by atoms with E-state index in [1.807, 2.05) is 0 Å². The summed E-state index contributed by atoms with van der Waals surface area (Å²) < 4.78 is 13.5. The molecule has 0 aliphatic heterocycles. The Balaban J connectivity index is 2.10. The first-order chi connectivity index (χ1) is 9.99. The fourth-order valence-electron chi connectivity index (χ4n) is 3.45. The van der Waals surface area contributed by atoms with Crippen LogP contribution in [0.2, 0.25) is 0 Å². The van der Waals surface area contributed by atoms with E-state index in [0.29, 0.717) is 17.9 Å². The minimum Gasteiger partial charge on any atom is -0.327 e. The number of hydrogen-bond acceptors (Lipinski definition) is 3. The van der Waals surface area contributed by atoms with E-state index in [1.165, 1.54) is 18.6 Å². The molecule has 116 valence electrons. The Morgan fingerprint density at radius 1 is 1.38 bits per heavy atom. The van der Waals surface area contributed by atoms with Gasteiger partial charge in [-0.05, 0) is 49.1 Å². The number of halogens is 1. The van der Waals surface area contributed by atoms with Crippen molar-refractivity contribution in [3.8, 4) is 0 Å². The highest BCUT2D eigenvalue weighted by molar-refractivity contribution is 5.35.